The van der Waals surface area contributed by atoms with E-state index >= 15 is 0 Å². The summed E-state index contributed by atoms with van der Waals surface area (Å²) in [7, 11) is 1.71. The average Bonchev–Trinajstić information content (AvgIpc) is 3.34. The highest BCUT2D eigenvalue weighted by Gasteiger charge is 2.31. The van der Waals surface area contributed by atoms with Crippen LogP contribution in [-0.2, 0) is 35.8 Å². The molecule has 0 spiro atoms. The van der Waals surface area contributed by atoms with E-state index in [1.807, 2.05) is 36.4 Å². The van der Waals surface area contributed by atoms with E-state index < -0.39 is 29.7 Å². The molecule has 4 aromatic rings. The molecule has 10 heteroatoms. The van der Waals surface area contributed by atoms with E-state index in [0.717, 1.165) is 23.3 Å². The van der Waals surface area contributed by atoms with E-state index in [4.69, 9.17) is 0 Å². The van der Waals surface area contributed by atoms with Crippen LogP contribution in [0.15, 0.2) is 91.5 Å². The molecule has 0 bridgehead atoms. The summed E-state index contributed by atoms with van der Waals surface area (Å²) in [6.45, 7) is 0.00401. The Morgan fingerprint density at radius 2 is 1.62 bits per heavy atom. The number of alkyl halides is 3. The van der Waals surface area contributed by atoms with Crippen molar-refractivity contribution in [2.45, 2.75) is 25.2 Å². The predicted molar refractivity (Wildman–Crippen MR) is 139 cm³/mol. The summed E-state index contributed by atoms with van der Waals surface area (Å²) < 4.78 is 40.2. The van der Waals surface area contributed by atoms with Gasteiger partial charge in [0.15, 0.2) is 0 Å². The molecule has 0 saturated carbocycles. The third-order valence-electron chi connectivity index (χ3n) is 6.11. The van der Waals surface area contributed by atoms with Crippen LogP contribution < -0.4 is 0 Å². The van der Waals surface area contributed by atoms with Crippen LogP contribution in [0.2, 0.25) is 0 Å². The van der Waals surface area contributed by atoms with E-state index in [0.29, 0.717) is 16.7 Å². The Kier molecular flexibility index (Phi) is 8.24. The molecule has 2 aromatic heterocycles. The van der Waals surface area contributed by atoms with Crippen LogP contribution in [0.25, 0.3) is 17.2 Å². The van der Waals surface area contributed by atoms with Crippen molar-refractivity contribution in [2.24, 2.45) is 7.05 Å². The number of carboxylic acid groups (broad SMARTS) is 1. The van der Waals surface area contributed by atoms with Gasteiger partial charge in [0.25, 0.3) is 0 Å². The van der Waals surface area contributed by atoms with E-state index in [-0.39, 0.29) is 13.0 Å². The Hall–Kier alpha value is -4.73. The molecule has 0 aliphatic rings. The maximum absolute atomic E-state index is 13.3. The van der Waals surface area contributed by atoms with Gasteiger partial charge in [-0.15, -0.1) is 0 Å². The van der Waals surface area contributed by atoms with Crippen LogP contribution in [0.5, 0.6) is 0 Å². The smallest absolute Gasteiger partial charge is 0.416 e. The van der Waals surface area contributed by atoms with Crippen LogP contribution in [0.3, 0.4) is 0 Å². The molecule has 4 rings (SSSR count). The van der Waals surface area contributed by atoms with Crippen molar-refractivity contribution in [1.29, 1.82) is 0 Å². The minimum absolute atomic E-state index is 0.00401. The normalized spacial score (nSPS) is 12.4. The van der Waals surface area contributed by atoms with Gasteiger partial charge in [-0.05, 0) is 58.2 Å². The number of rotatable bonds is 9. The SMILES string of the molecule is Cn1cc(CC(C(=O)O)N(Cc2ccc(-c3ccncc3)cc2)C(=O)/C=C/c2ccc(C(F)(F)F)cc2)cn1. The van der Waals surface area contributed by atoms with Crippen LogP contribution in [0.1, 0.15) is 22.3 Å². The lowest BCUT2D eigenvalue weighted by molar-refractivity contribution is -0.148. The van der Waals surface area contributed by atoms with Gasteiger partial charge in [0.2, 0.25) is 5.91 Å². The number of aliphatic carboxylic acids is 1. The summed E-state index contributed by atoms with van der Waals surface area (Å²) in [5.41, 5.74) is 2.82. The standard InChI is InChI=1S/C29H25F3N4O3/c1-35-18-22(17-34-35)16-26(28(38)39)36(19-21-2-7-23(8-3-21)24-12-14-33-15-13-24)27(37)11-6-20-4-9-25(10-5-20)29(30,31)32/h2-15,17-18,26H,16,19H2,1H3,(H,38,39)/b11-6+. The van der Waals surface area contributed by atoms with Crippen molar-refractivity contribution in [3.8, 4) is 11.1 Å². The Bertz CT molecular complexity index is 1450. The molecular weight excluding hydrogens is 509 g/mol. The quantitative estimate of drug-likeness (QED) is 0.297. The number of carbonyl (C=O) groups excluding carboxylic acids is 1. The summed E-state index contributed by atoms with van der Waals surface area (Å²) in [6.07, 6.45) is 4.68. The highest BCUT2D eigenvalue weighted by Crippen LogP contribution is 2.29. The maximum atomic E-state index is 13.3. The number of nitrogens with zero attached hydrogens (tertiary/aromatic N) is 4. The van der Waals surface area contributed by atoms with Crippen molar-refractivity contribution in [3.63, 3.8) is 0 Å². The molecule has 1 unspecified atom stereocenters. The number of carboxylic acids is 1. The Morgan fingerprint density at radius 3 is 2.18 bits per heavy atom. The molecule has 0 aliphatic heterocycles. The average molecular weight is 535 g/mol. The molecule has 0 radical (unpaired) electrons. The van der Waals surface area contributed by atoms with Crippen molar-refractivity contribution in [1.82, 2.24) is 19.7 Å². The second-order valence-electron chi connectivity index (χ2n) is 8.93. The Labute approximate surface area is 222 Å². The third kappa shape index (κ3) is 7.19. The van der Waals surface area contributed by atoms with Gasteiger partial charge >= 0.3 is 12.1 Å². The molecular formula is C29H25F3N4O3. The van der Waals surface area contributed by atoms with Crippen LogP contribution in [-0.4, -0.2) is 42.7 Å². The summed E-state index contributed by atoms with van der Waals surface area (Å²) >= 11 is 0. The van der Waals surface area contributed by atoms with E-state index in [9.17, 15) is 27.9 Å². The molecule has 200 valence electrons. The van der Waals surface area contributed by atoms with Gasteiger partial charge in [-0.1, -0.05) is 36.4 Å². The lowest BCUT2D eigenvalue weighted by atomic mass is 10.0. The number of carbonyl (C=O) groups is 2. The maximum Gasteiger partial charge on any atom is 0.416 e. The molecule has 0 saturated heterocycles. The molecule has 0 aliphatic carbocycles. The van der Waals surface area contributed by atoms with Gasteiger partial charge in [0.1, 0.15) is 6.04 Å². The van der Waals surface area contributed by atoms with Crippen LogP contribution in [0, 0.1) is 0 Å². The fourth-order valence-corrected chi connectivity index (χ4v) is 4.06. The minimum atomic E-state index is -4.47. The number of hydrogen-bond donors (Lipinski definition) is 1. The molecule has 2 aromatic carbocycles. The first-order chi connectivity index (χ1) is 18.6. The highest BCUT2D eigenvalue weighted by molar-refractivity contribution is 5.94. The second-order valence-corrected chi connectivity index (χ2v) is 8.93. The molecule has 39 heavy (non-hydrogen) atoms. The second kappa shape index (κ2) is 11.8. The summed E-state index contributed by atoms with van der Waals surface area (Å²) in [5.74, 6) is -1.78. The van der Waals surface area contributed by atoms with E-state index in [1.165, 1.54) is 29.2 Å². The topological polar surface area (TPSA) is 88.3 Å². The third-order valence-corrected chi connectivity index (χ3v) is 6.11. The first-order valence-electron chi connectivity index (χ1n) is 12.0. The first-order valence-corrected chi connectivity index (χ1v) is 12.0. The highest BCUT2D eigenvalue weighted by atomic mass is 19.4. The minimum Gasteiger partial charge on any atom is -0.480 e. The summed E-state index contributed by atoms with van der Waals surface area (Å²) in [4.78, 5) is 30.9. The largest absolute Gasteiger partial charge is 0.480 e. The number of pyridine rings is 1. The van der Waals surface area contributed by atoms with Gasteiger partial charge in [-0.3, -0.25) is 14.5 Å². The fourth-order valence-electron chi connectivity index (χ4n) is 4.06. The summed E-state index contributed by atoms with van der Waals surface area (Å²) in [5, 5.41) is 14.1. The number of aryl methyl sites for hydroxylation is 1. The summed E-state index contributed by atoms with van der Waals surface area (Å²) in [6, 6.07) is 14.3. The zero-order valence-corrected chi connectivity index (χ0v) is 20.9. The molecule has 1 N–H and O–H groups in total. The van der Waals surface area contributed by atoms with E-state index in [2.05, 4.69) is 10.1 Å². The van der Waals surface area contributed by atoms with Gasteiger partial charge in [0.05, 0.1) is 11.8 Å². The van der Waals surface area contributed by atoms with Crippen molar-refractivity contribution < 1.29 is 27.9 Å². The van der Waals surface area contributed by atoms with Crippen molar-refractivity contribution in [2.75, 3.05) is 0 Å². The van der Waals surface area contributed by atoms with Crippen molar-refractivity contribution in [3.05, 3.63) is 114 Å². The fraction of sp³-hybridized carbons (Fsp3) is 0.172. The molecule has 7 nitrogen and oxygen atoms in total. The number of halogens is 3. The monoisotopic (exact) mass is 534 g/mol. The zero-order chi connectivity index (χ0) is 28.0. The Balaban J connectivity index is 1.60. The van der Waals surface area contributed by atoms with Gasteiger partial charge in [0, 0.05) is 44.7 Å². The molecule has 1 amide bonds. The Morgan fingerprint density at radius 1 is 0.974 bits per heavy atom. The van der Waals surface area contributed by atoms with Crippen LogP contribution in [0.4, 0.5) is 13.2 Å². The van der Waals surface area contributed by atoms with E-state index in [1.54, 1.807) is 36.5 Å². The lowest BCUT2D eigenvalue weighted by Gasteiger charge is -2.28. The van der Waals surface area contributed by atoms with Gasteiger partial charge in [-0.2, -0.15) is 18.3 Å². The zero-order valence-electron chi connectivity index (χ0n) is 20.9. The predicted octanol–water partition coefficient (Wildman–Crippen LogP) is 5.24. The number of aromatic nitrogens is 3. The molecule has 0 fully saturated rings. The number of benzene rings is 2. The number of hydrogen-bond acceptors (Lipinski definition) is 4. The molecule has 2 heterocycles. The number of amides is 1. The van der Waals surface area contributed by atoms with Gasteiger partial charge in [-0.25, -0.2) is 4.79 Å². The van der Waals surface area contributed by atoms with Crippen LogP contribution >= 0.6 is 0 Å². The lowest BCUT2D eigenvalue weighted by Crippen LogP contribution is -2.45. The van der Waals surface area contributed by atoms with Crippen molar-refractivity contribution >= 4 is 18.0 Å². The first kappa shape index (κ1) is 27.3. The van der Waals surface area contributed by atoms with Gasteiger partial charge < -0.3 is 10.0 Å². The molecule has 1 atom stereocenters.